The molecule has 59 heavy (non-hydrogen) atoms. The van der Waals surface area contributed by atoms with Crippen LogP contribution in [0.25, 0.3) is 88.0 Å². The molecule has 1 unspecified atom stereocenters. The van der Waals surface area contributed by atoms with Crippen LogP contribution in [0.1, 0.15) is 22.3 Å². The summed E-state index contributed by atoms with van der Waals surface area (Å²) in [6, 6.07) is 85.6. The van der Waals surface area contributed by atoms with Crippen LogP contribution in [0, 0.1) is 0 Å². The molecule has 0 amide bonds. The van der Waals surface area contributed by atoms with Crippen LogP contribution < -0.4 is 0 Å². The summed E-state index contributed by atoms with van der Waals surface area (Å²) < 4.78 is 0. The van der Waals surface area contributed by atoms with Crippen molar-refractivity contribution in [2.24, 2.45) is 0 Å². The predicted octanol–water partition coefficient (Wildman–Crippen LogP) is 15.6. The third-order valence-electron chi connectivity index (χ3n) is 12.9. The van der Waals surface area contributed by atoms with Crippen molar-refractivity contribution in [3.63, 3.8) is 0 Å². The Labute approximate surface area is 344 Å². The molecular formula is C59H38. The van der Waals surface area contributed by atoms with Gasteiger partial charge in [-0.3, -0.25) is 0 Å². The van der Waals surface area contributed by atoms with Crippen molar-refractivity contribution in [3.8, 4) is 55.6 Å². The molecule has 0 aliphatic heterocycles. The summed E-state index contributed by atoms with van der Waals surface area (Å²) in [5.41, 5.74) is 17.4. The quantitative estimate of drug-likeness (QED) is 0.169. The van der Waals surface area contributed by atoms with Gasteiger partial charge in [0.25, 0.3) is 0 Å². The van der Waals surface area contributed by atoms with Crippen LogP contribution in [0.3, 0.4) is 0 Å². The molecule has 0 fully saturated rings. The second kappa shape index (κ2) is 13.3. The fraction of sp³-hybridized carbons (Fsp3) is 0.0169. The summed E-state index contributed by atoms with van der Waals surface area (Å²) in [6.07, 6.45) is 0. The molecular weight excluding hydrogens is 709 g/mol. The third kappa shape index (κ3) is 5.03. The van der Waals surface area contributed by atoms with E-state index in [1.807, 2.05) is 0 Å². The molecule has 0 nitrogen and oxygen atoms in total. The van der Waals surface area contributed by atoms with Crippen molar-refractivity contribution in [1.29, 1.82) is 0 Å². The Morgan fingerprint density at radius 1 is 0.220 bits per heavy atom. The molecule has 274 valence electrons. The van der Waals surface area contributed by atoms with Gasteiger partial charge < -0.3 is 0 Å². The monoisotopic (exact) mass is 746 g/mol. The molecule has 1 spiro atoms. The Hall–Kier alpha value is -7.54. The molecule has 0 heteroatoms. The molecule has 0 radical (unpaired) electrons. The molecule has 10 aromatic carbocycles. The van der Waals surface area contributed by atoms with Crippen LogP contribution >= 0.6 is 0 Å². The van der Waals surface area contributed by atoms with E-state index in [-0.39, 0.29) is 0 Å². The Morgan fingerprint density at radius 2 is 0.712 bits per heavy atom. The highest BCUT2D eigenvalue weighted by Gasteiger charge is 2.50. The van der Waals surface area contributed by atoms with Gasteiger partial charge in [0.15, 0.2) is 0 Å². The van der Waals surface area contributed by atoms with Gasteiger partial charge >= 0.3 is 0 Å². The van der Waals surface area contributed by atoms with Gasteiger partial charge in [-0.2, -0.15) is 0 Å². The van der Waals surface area contributed by atoms with Gasteiger partial charge in [-0.05, 0) is 128 Å². The fourth-order valence-corrected chi connectivity index (χ4v) is 10.4. The van der Waals surface area contributed by atoms with Gasteiger partial charge in [0.1, 0.15) is 0 Å². The maximum atomic E-state index is 2.50. The molecule has 0 bridgehead atoms. The molecule has 0 saturated heterocycles. The molecule has 0 aromatic heterocycles. The number of fused-ring (bicyclic) bond motifs is 12. The second-order valence-electron chi connectivity index (χ2n) is 15.9. The van der Waals surface area contributed by atoms with Crippen LogP contribution in [0.2, 0.25) is 0 Å². The van der Waals surface area contributed by atoms with Gasteiger partial charge in [-0.25, -0.2) is 0 Å². The first-order chi connectivity index (χ1) is 29.3. The molecule has 2 aliphatic rings. The van der Waals surface area contributed by atoms with Crippen LogP contribution in [0.4, 0.5) is 0 Å². The Bertz CT molecular complexity index is 3370. The van der Waals surface area contributed by atoms with Crippen molar-refractivity contribution < 1.29 is 0 Å². The van der Waals surface area contributed by atoms with Crippen molar-refractivity contribution in [3.05, 3.63) is 253 Å². The molecule has 0 saturated carbocycles. The molecule has 10 aromatic rings. The van der Waals surface area contributed by atoms with Gasteiger partial charge in [0.2, 0.25) is 0 Å². The summed E-state index contributed by atoms with van der Waals surface area (Å²) in [5, 5.41) is 7.52. The van der Waals surface area contributed by atoms with E-state index in [0.29, 0.717) is 0 Å². The minimum atomic E-state index is -0.467. The van der Waals surface area contributed by atoms with Crippen molar-refractivity contribution >= 4 is 32.3 Å². The smallest absolute Gasteiger partial charge is 0.0622 e. The third-order valence-corrected chi connectivity index (χ3v) is 12.9. The van der Waals surface area contributed by atoms with E-state index in [0.717, 1.165) is 0 Å². The van der Waals surface area contributed by atoms with E-state index < -0.39 is 5.41 Å². The zero-order chi connectivity index (χ0) is 38.9. The summed E-state index contributed by atoms with van der Waals surface area (Å²) in [5.74, 6) is 0. The normalized spacial score (nSPS) is 14.5. The van der Waals surface area contributed by atoms with Crippen LogP contribution in [0.15, 0.2) is 231 Å². The van der Waals surface area contributed by atoms with E-state index in [2.05, 4.69) is 231 Å². The minimum Gasteiger partial charge on any atom is -0.0622 e. The minimum absolute atomic E-state index is 0.467. The van der Waals surface area contributed by atoms with Crippen molar-refractivity contribution in [2.75, 3.05) is 0 Å². The Kier molecular flexibility index (Phi) is 7.55. The zero-order valence-corrected chi connectivity index (χ0v) is 32.4. The first-order valence-corrected chi connectivity index (χ1v) is 20.6. The van der Waals surface area contributed by atoms with Gasteiger partial charge in [0, 0.05) is 0 Å². The topological polar surface area (TPSA) is 0 Å². The summed E-state index contributed by atoms with van der Waals surface area (Å²) >= 11 is 0. The summed E-state index contributed by atoms with van der Waals surface area (Å²) in [4.78, 5) is 0. The first-order valence-electron chi connectivity index (χ1n) is 20.6. The Balaban J connectivity index is 1.10. The van der Waals surface area contributed by atoms with Gasteiger partial charge in [-0.1, -0.05) is 212 Å². The molecule has 0 N–H and O–H groups in total. The maximum absolute atomic E-state index is 2.50. The number of rotatable bonds is 3. The second-order valence-corrected chi connectivity index (χ2v) is 15.9. The highest BCUT2D eigenvalue weighted by Crippen LogP contribution is 2.62. The lowest BCUT2D eigenvalue weighted by atomic mass is 9.61. The predicted molar refractivity (Wildman–Crippen MR) is 249 cm³/mol. The average Bonchev–Trinajstić information content (AvgIpc) is 3.59. The van der Waals surface area contributed by atoms with Gasteiger partial charge in [0.05, 0.1) is 5.41 Å². The molecule has 2 aliphatic carbocycles. The van der Waals surface area contributed by atoms with E-state index in [4.69, 9.17) is 0 Å². The lowest BCUT2D eigenvalue weighted by Crippen LogP contribution is -2.31. The van der Waals surface area contributed by atoms with Crippen molar-refractivity contribution in [1.82, 2.24) is 0 Å². The van der Waals surface area contributed by atoms with E-state index in [1.165, 1.54) is 110 Å². The highest BCUT2D eigenvalue weighted by molar-refractivity contribution is 6.14. The largest absolute Gasteiger partial charge is 0.0725 e. The zero-order valence-electron chi connectivity index (χ0n) is 32.4. The molecule has 0 heterocycles. The number of hydrogen-bond donors (Lipinski definition) is 0. The maximum Gasteiger partial charge on any atom is 0.0725 e. The SMILES string of the molecule is c1ccc(-c2ccc(-c3cc4ccccccc(-c5ccc6c(c5)C5(c7ccccc7-6)c6ccccc6-c6cccc7cccc5c67)cc4c4ccccc34)cc2)cc1. The van der Waals surface area contributed by atoms with Crippen LogP contribution in [-0.2, 0) is 5.41 Å². The Morgan fingerprint density at radius 3 is 1.49 bits per heavy atom. The highest BCUT2D eigenvalue weighted by atomic mass is 14.5. The fourth-order valence-electron chi connectivity index (χ4n) is 10.4. The first kappa shape index (κ1) is 33.6. The molecule has 1 atom stereocenters. The summed E-state index contributed by atoms with van der Waals surface area (Å²) in [7, 11) is 0. The van der Waals surface area contributed by atoms with E-state index in [1.54, 1.807) is 0 Å². The van der Waals surface area contributed by atoms with E-state index in [9.17, 15) is 0 Å². The average molecular weight is 747 g/mol. The van der Waals surface area contributed by atoms with Crippen molar-refractivity contribution in [2.45, 2.75) is 5.41 Å². The summed E-state index contributed by atoms with van der Waals surface area (Å²) in [6.45, 7) is 0. The number of benzene rings is 9. The number of hydrogen-bond acceptors (Lipinski definition) is 0. The standard InChI is InChI=1S/C59H38/c1-2-5-19-45-37-52(41-32-30-40(31-33-41)39-16-6-3-7-17-39)46-22-8-9-23-47(46)53(45)36-43(18-4-1)44-34-35-50-48-24-10-12-27-54(48)59(57(50)38-44)55-28-13-11-25-49(55)51-26-14-20-42-21-15-29-56(59)58(42)51/h1-38H. The lowest BCUT2D eigenvalue weighted by Gasteiger charge is -2.40. The van der Waals surface area contributed by atoms with Crippen LogP contribution in [-0.4, -0.2) is 0 Å². The lowest BCUT2D eigenvalue weighted by molar-refractivity contribution is 0.774. The van der Waals surface area contributed by atoms with Gasteiger partial charge in [-0.15, -0.1) is 0 Å². The molecule has 12 rings (SSSR count). The van der Waals surface area contributed by atoms with E-state index >= 15 is 0 Å². The van der Waals surface area contributed by atoms with Crippen LogP contribution in [0.5, 0.6) is 0 Å².